The molecule has 0 atom stereocenters. The molecular formula is C8H17F3N2O. The molecule has 0 saturated heterocycles. The van der Waals surface area contributed by atoms with Crippen LogP contribution >= 0.6 is 0 Å². The van der Waals surface area contributed by atoms with Gasteiger partial charge < -0.3 is 10.2 Å². The smallest absolute Gasteiger partial charge is 0.316 e. The first kappa shape index (κ1) is 13.7. The third-order valence-corrected chi connectivity index (χ3v) is 1.66. The van der Waals surface area contributed by atoms with Crippen molar-refractivity contribution in [2.75, 3.05) is 39.8 Å². The second-order valence-electron chi connectivity index (χ2n) is 2.95. The first-order valence-corrected chi connectivity index (χ1v) is 4.55. The zero-order chi connectivity index (χ0) is 11.0. The number of nitrogens with one attached hydrogen (secondary N) is 1. The van der Waals surface area contributed by atoms with Crippen molar-refractivity contribution in [3.05, 3.63) is 0 Å². The predicted molar refractivity (Wildman–Crippen MR) is 48.0 cm³/mol. The zero-order valence-corrected chi connectivity index (χ0v) is 8.52. The largest absolute Gasteiger partial charge is 0.522 e. The normalized spacial score (nSPS) is 12.4. The van der Waals surface area contributed by atoms with E-state index in [0.717, 1.165) is 19.6 Å². The molecule has 0 radical (unpaired) electrons. The van der Waals surface area contributed by atoms with Gasteiger partial charge in [0.05, 0.1) is 6.61 Å². The molecular weight excluding hydrogens is 197 g/mol. The highest BCUT2D eigenvalue weighted by Gasteiger charge is 2.28. The van der Waals surface area contributed by atoms with Gasteiger partial charge >= 0.3 is 6.36 Å². The summed E-state index contributed by atoms with van der Waals surface area (Å²) in [7, 11) is 1.76. The maximum atomic E-state index is 11.6. The summed E-state index contributed by atoms with van der Waals surface area (Å²) in [6, 6.07) is 0. The summed E-state index contributed by atoms with van der Waals surface area (Å²) < 4.78 is 38.3. The van der Waals surface area contributed by atoms with E-state index in [9.17, 15) is 13.2 Å². The number of hydrogen-bond acceptors (Lipinski definition) is 3. The summed E-state index contributed by atoms with van der Waals surface area (Å²) in [5.74, 6) is 0. The van der Waals surface area contributed by atoms with Gasteiger partial charge in [-0.1, -0.05) is 6.92 Å². The van der Waals surface area contributed by atoms with E-state index in [1.54, 1.807) is 11.9 Å². The molecule has 0 fully saturated rings. The molecule has 0 aliphatic carbocycles. The van der Waals surface area contributed by atoms with Crippen LogP contribution < -0.4 is 5.32 Å². The van der Waals surface area contributed by atoms with Gasteiger partial charge in [-0.05, 0) is 13.6 Å². The lowest BCUT2D eigenvalue weighted by Crippen LogP contribution is -2.32. The fourth-order valence-corrected chi connectivity index (χ4v) is 0.876. The van der Waals surface area contributed by atoms with E-state index in [1.165, 1.54) is 0 Å². The summed E-state index contributed by atoms with van der Waals surface area (Å²) >= 11 is 0. The molecule has 0 amide bonds. The number of hydrogen-bond donors (Lipinski definition) is 1. The monoisotopic (exact) mass is 214 g/mol. The summed E-state index contributed by atoms with van der Waals surface area (Å²) in [5, 5.41) is 3.08. The van der Waals surface area contributed by atoms with E-state index in [4.69, 9.17) is 0 Å². The van der Waals surface area contributed by atoms with Crippen molar-refractivity contribution in [2.45, 2.75) is 13.3 Å². The van der Waals surface area contributed by atoms with E-state index in [0.29, 0.717) is 0 Å². The van der Waals surface area contributed by atoms with Gasteiger partial charge in [0.2, 0.25) is 0 Å². The topological polar surface area (TPSA) is 24.5 Å². The Hall–Kier alpha value is -0.330. The average molecular weight is 214 g/mol. The van der Waals surface area contributed by atoms with E-state index >= 15 is 0 Å². The quantitative estimate of drug-likeness (QED) is 0.641. The zero-order valence-electron chi connectivity index (χ0n) is 8.52. The van der Waals surface area contributed by atoms with Gasteiger partial charge in [0, 0.05) is 19.6 Å². The van der Waals surface area contributed by atoms with Crippen molar-refractivity contribution < 1.29 is 17.9 Å². The van der Waals surface area contributed by atoms with Crippen molar-refractivity contribution in [3.63, 3.8) is 0 Å². The van der Waals surface area contributed by atoms with Gasteiger partial charge in [0.15, 0.2) is 0 Å². The highest BCUT2D eigenvalue weighted by atomic mass is 19.4. The third kappa shape index (κ3) is 9.76. The Bertz CT molecular complexity index is 141. The number of alkyl halides is 3. The van der Waals surface area contributed by atoms with Crippen molar-refractivity contribution in [1.29, 1.82) is 0 Å². The fraction of sp³-hybridized carbons (Fsp3) is 1.00. The molecule has 3 nitrogen and oxygen atoms in total. The van der Waals surface area contributed by atoms with Crippen LogP contribution in [0.4, 0.5) is 13.2 Å². The average Bonchev–Trinajstić information content (AvgIpc) is 2.02. The van der Waals surface area contributed by atoms with Gasteiger partial charge in [-0.3, -0.25) is 4.74 Å². The first-order chi connectivity index (χ1) is 6.45. The van der Waals surface area contributed by atoms with Gasteiger partial charge in [-0.25, -0.2) is 0 Å². The second-order valence-corrected chi connectivity index (χ2v) is 2.95. The first-order valence-electron chi connectivity index (χ1n) is 4.55. The molecule has 0 spiro atoms. The molecule has 0 aliphatic heterocycles. The maximum absolute atomic E-state index is 11.6. The Labute approximate surface area is 82.2 Å². The van der Waals surface area contributed by atoms with Crippen LogP contribution in [0.1, 0.15) is 6.92 Å². The number of likely N-dealkylation sites (N-methyl/N-ethyl adjacent to an activating group) is 2. The van der Waals surface area contributed by atoms with Crippen LogP contribution in [-0.4, -0.2) is 51.1 Å². The van der Waals surface area contributed by atoms with Crippen LogP contribution in [0.5, 0.6) is 0 Å². The van der Waals surface area contributed by atoms with Crippen LogP contribution in [0, 0.1) is 0 Å². The molecule has 0 aromatic heterocycles. The predicted octanol–water partition coefficient (Wildman–Crippen LogP) is 1.06. The fourth-order valence-electron chi connectivity index (χ4n) is 0.876. The van der Waals surface area contributed by atoms with Crippen LogP contribution in [0.3, 0.4) is 0 Å². The van der Waals surface area contributed by atoms with Crippen molar-refractivity contribution in [1.82, 2.24) is 10.2 Å². The Morgan fingerprint density at radius 3 is 2.43 bits per heavy atom. The maximum Gasteiger partial charge on any atom is 0.522 e. The minimum absolute atomic E-state index is 0.283. The van der Waals surface area contributed by atoms with E-state index in [1.807, 2.05) is 6.92 Å². The second kappa shape index (κ2) is 7.03. The number of halogens is 3. The molecule has 1 N–H and O–H groups in total. The number of nitrogens with zero attached hydrogens (tertiary/aromatic N) is 1. The molecule has 0 aromatic rings. The lowest BCUT2D eigenvalue weighted by atomic mass is 10.5. The molecule has 0 heterocycles. The Kier molecular flexibility index (Phi) is 6.86. The summed E-state index contributed by atoms with van der Waals surface area (Å²) in [4.78, 5) is 1.79. The Morgan fingerprint density at radius 1 is 1.29 bits per heavy atom. The Morgan fingerprint density at radius 2 is 1.93 bits per heavy atom. The minimum Gasteiger partial charge on any atom is -0.316 e. The van der Waals surface area contributed by atoms with E-state index < -0.39 is 6.36 Å². The lowest BCUT2D eigenvalue weighted by Gasteiger charge is -2.17. The van der Waals surface area contributed by atoms with Crippen molar-refractivity contribution >= 4 is 0 Å². The van der Waals surface area contributed by atoms with Gasteiger partial charge in [-0.15, -0.1) is 13.2 Å². The lowest BCUT2D eigenvalue weighted by molar-refractivity contribution is -0.324. The summed E-state index contributed by atoms with van der Waals surface area (Å²) in [6.45, 7) is 4.31. The van der Waals surface area contributed by atoms with E-state index in [-0.39, 0.29) is 13.2 Å². The molecule has 6 heteroatoms. The molecule has 14 heavy (non-hydrogen) atoms. The summed E-state index contributed by atoms with van der Waals surface area (Å²) in [6.07, 6.45) is -4.51. The molecule has 0 saturated carbocycles. The molecule has 0 aromatic carbocycles. The highest BCUT2D eigenvalue weighted by Crippen LogP contribution is 2.15. The van der Waals surface area contributed by atoms with Crippen LogP contribution in [0.15, 0.2) is 0 Å². The van der Waals surface area contributed by atoms with Crippen LogP contribution in [0.2, 0.25) is 0 Å². The van der Waals surface area contributed by atoms with E-state index in [2.05, 4.69) is 10.1 Å². The van der Waals surface area contributed by atoms with Crippen molar-refractivity contribution in [3.8, 4) is 0 Å². The van der Waals surface area contributed by atoms with Crippen molar-refractivity contribution in [2.24, 2.45) is 0 Å². The van der Waals surface area contributed by atoms with Gasteiger partial charge in [-0.2, -0.15) is 0 Å². The SMILES string of the molecule is CCNCCN(C)CCOC(F)(F)F. The van der Waals surface area contributed by atoms with Gasteiger partial charge in [0.1, 0.15) is 0 Å². The minimum atomic E-state index is -4.51. The standard InChI is InChI=1S/C8H17F3N2O/c1-3-12-4-5-13(2)6-7-14-8(9,10)11/h12H,3-7H2,1-2H3. The Balaban J connectivity index is 3.31. The number of ether oxygens (including phenoxy) is 1. The molecule has 0 rings (SSSR count). The van der Waals surface area contributed by atoms with Crippen LogP contribution in [-0.2, 0) is 4.74 Å². The van der Waals surface area contributed by atoms with Gasteiger partial charge in [0.25, 0.3) is 0 Å². The highest BCUT2D eigenvalue weighted by molar-refractivity contribution is 4.53. The molecule has 0 unspecified atom stereocenters. The summed E-state index contributed by atoms with van der Waals surface area (Å²) in [5.41, 5.74) is 0. The van der Waals surface area contributed by atoms with Crippen LogP contribution in [0.25, 0.3) is 0 Å². The molecule has 0 bridgehead atoms. The molecule has 86 valence electrons. The third-order valence-electron chi connectivity index (χ3n) is 1.66. The molecule has 0 aliphatic rings. The number of rotatable bonds is 7.